The number of carbonyl (C=O) groups is 1. The number of anilines is 1. The Kier molecular flexibility index (Phi) is 4.72. The van der Waals surface area contributed by atoms with E-state index in [9.17, 15) is 9.59 Å². The number of nitrogens with zero attached hydrogens (tertiary/aromatic N) is 4. The molecule has 0 spiro atoms. The van der Waals surface area contributed by atoms with Gasteiger partial charge in [0.2, 0.25) is 0 Å². The van der Waals surface area contributed by atoms with Gasteiger partial charge in [-0.05, 0) is 24.5 Å². The second kappa shape index (κ2) is 7.15. The molecule has 136 valence electrons. The molecule has 0 saturated carbocycles. The first-order chi connectivity index (χ1) is 12.6. The fourth-order valence-electron chi connectivity index (χ4n) is 3.61. The highest BCUT2D eigenvalue weighted by molar-refractivity contribution is 7.99. The quantitative estimate of drug-likeness (QED) is 0.773. The van der Waals surface area contributed by atoms with E-state index in [2.05, 4.69) is 22.0 Å². The Morgan fingerprint density at radius 2 is 2.00 bits per heavy atom. The van der Waals surface area contributed by atoms with Crippen LogP contribution in [-0.4, -0.2) is 46.2 Å². The molecule has 0 unspecified atom stereocenters. The van der Waals surface area contributed by atoms with Crippen LogP contribution in [0.4, 0.5) is 5.69 Å². The summed E-state index contributed by atoms with van der Waals surface area (Å²) < 4.78 is 1.60. The molecule has 3 heterocycles. The summed E-state index contributed by atoms with van der Waals surface area (Å²) in [5.41, 5.74) is 2.21. The smallest absolute Gasteiger partial charge is 0.267 e. The van der Waals surface area contributed by atoms with Crippen molar-refractivity contribution in [3.8, 4) is 0 Å². The van der Waals surface area contributed by atoms with Crippen LogP contribution in [0.5, 0.6) is 0 Å². The average Bonchev–Trinajstić information content (AvgIpc) is 3.34. The summed E-state index contributed by atoms with van der Waals surface area (Å²) in [6, 6.07) is 8.20. The molecule has 1 fully saturated rings. The van der Waals surface area contributed by atoms with Gasteiger partial charge < -0.3 is 9.80 Å². The third kappa shape index (κ3) is 3.11. The predicted molar refractivity (Wildman–Crippen MR) is 103 cm³/mol. The number of aromatic nitrogens is 2. The minimum Gasteiger partial charge on any atom is -0.371 e. The first-order valence-electron chi connectivity index (χ1n) is 8.96. The Balaban J connectivity index is 1.57. The van der Waals surface area contributed by atoms with Crippen LogP contribution in [0.15, 0.2) is 40.4 Å². The summed E-state index contributed by atoms with van der Waals surface area (Å²) in [6.07, 6.45) is 3.84. The van der Waals surface area contributed by atoms with Gasteiger partial charge in [-0.25, -0.2) is 4.98 Å². The third-order valence-electron chi connectivity index (χ3n) is 4.98. The number of hydrogen-bond donors (Lipinski definition) is 0. The molecule has 1 saturated heterocycles. The Hall–Kier alpha value is -2.28. The summed E-state index contributed by atoms with van der Waals surface area (Å²) in [4.78, 5) is 33.7. The Bertz CT molecular complexity index is 889. The van der Waals surface area contributed by atoms with Crippen LogP contribution < -0.4 is 10.5 Å². The maximum atomic E-state index is 12.9. The fraction of sp³-hybridized carbons (Fsp3) is 0.421. The van der Waals surface area contributed by atoms with Gasteiger partial charge in [0.05, 0.1) is 0 Å². The van der Waals surface area contributed by atoms with Crippen LogP contribution in [0.1, 0.15) is 28.8 Å². The summed E-state index contributed by atoms with van der Waals surface area (Å²) in [5, 5.41) is 0.702. The van der Waals surface area contributed by atoms with E-state index in [-0.39, 0.29) is 17.0 Å². The van der Waals surface area contributed by atoms with Gasteiger partial charge in [0.1, 0.15) is 5.56 Å². The fourth-order valence-corrected chi connectivity index (χ4v) is 4.52. The number of rotatable bonds is 4. The lowest BCUT2D eigenvalue weighted by Crippen LogP contribution is -2.35. The van der Waals surface area contributed by atoms with Gasteiger partial charge in [-0.2, -0.15) is 0 Å². The van der Waals surface area contributed by atoms with Crippen molar-refractivity contribution in [2.75, 3.05) is 30.8 Å². The SMILES string of the molecule is CN(Cc1ccccc1N1CCCC1)C(=O)c1cnc2n(c1=O)CCS2. The second-order valence-electron chi connectivity index (χ2n) is 6.74. The van der Waals surface area contributed by atoms with Gasteiger partial charge in [0.15, 0.2) is 5.16 Å². The number of para-hydroxylation sites is 1. The number of benzene rings is 1. The van der Waals surface area contributed by atoms with Crippen LogP contribution in [0.25, 0.3) is 0 Å². The summed E-state index contributed by atoms with van der Waals surface area (Å²) in [7, 11) is 1.75. The van der Waals surface area contributed by atoms with Crippen molar-refractivity contribution in [1.82, 2.24) is 14.5 Å². The van der Waals surface area contributed by atoms with Crippen LogP contribution in [-0.2, 0) is 13.1 Å². The highest BCUT2D eigenvalue weighted by Crippen LogP contribution is 2.26. The zero-order chi connectivity index (χ0) is 18.1. The minimum atomic E-state index is -0.272. The molecule has 0 atom stereocenters. The molecule has 7 heteroatoms. The van der Waals surface area contributed by atoms with E-state index < -0.39 is 0 Å². The molecule has 0 aliphatic carbocycles. The summed E-state index contributed by atoms with van der Waals surface area (Å²) in [5.74, 6) is 0.560. The Labute approximate surface area is 156 Å². The van der Waals surface area contributed by atoms with Crippen LogP contribution in [0.2, 0.25) is 0 Å². The van der Waals surface area contributed by atoms with E-state index in [1.807, 2.05) is 12.1 Å². The highest BCUT2D eigenvalue weighted by atomic mass is 32.2. The number of fused-ring (bicyclic) bond motifs is 1. The standard InChI is InChI=1S/C19H22N4O2S/c1-21(13-14-6-2-3-7-16(14)22-8-4-5-9-22)17(24)15-12-20-19-23(18(15)25)10-11-26-19/h2-3,6-7,12H,4-5,8-11,13H2,1H3. The van der Waals surface area contributed by atoms with Crippen molar-refractivity contribution in [2.45, 2.75) is 31.1 Å². The maximum absolute atomic E-state index is 12.9. The molecule has 6 nitrogen and oxygen atoms in total. The van der Waals surface area contributed by atoms with Gasteiger partial charge >= 0.3 is 0 Å². The van der Waals surface area contributed by atoms with E-state index in [4.69, 9.17) is 0 Å². The van der Waals surface area contributed by atoms with Gasteiger partial charge in [-0.1, -0.05) is 30.0 Å². The summed E-state index contributed by atoms with van der Waals surface area (Å²) >= 11 is 1.55. The minimum absolute atomic E-state index is 0.150. The number of amides is 1. The molecule has 1 aromatic heterocycles. The van der Waals surface area contributed by atoms with Crippen molar-refractivity contribution in [2.24, 2.45) is 0 Å². The Morgan fingerprint density at radius 1 is 1.23 bits per heavy atom. The molecule has 4 rings (SSSR count). The maximum Gasteiger partial charge on any atom is 0.267 e. The van der Waals surface area contributed by atoms with E-state index in [0.29, 0.717) is 18.2 Å². The van der Waals surface area contributed by atoms with Gasteiger partial charge in [0.25, 0.3) is 11.5 Å². The molecule has 2 aliphatic heterocycles. The van der Waals surface area contributed by atoms with Gasteiger partial charge in [0, 0.05) is 50.9 Å². The topological polar surface area (TPSA) is 58.4 Å². The van der Waals surface area contributed by atoms with E-state index >= 15 is 0 Å². The predicted octanol–water partition coefficient (Wildman–Crippen LogP) is 2.22. The van der Waals surface area contributed by atoms with Gasteiger partial charge in [-0.15, -0.1) is 0 Å². The van der Waals surface area contributed by atoms with E-state index in [0.717, 1.165) is 24.4 Å². The first-order valence-corrected chi connectivity index (χ1v) is 9.94. The monoisotopic (exact) mass is 370 g/mol. The Morgan fingerprint density at radius 3 is 2.81 bits per heavy atom. The van der Waals surface area contributed by atoms with Crippen molar-refractivity contribution >= 4 is 23.4 Å². The highest BCUT2D eigenvalue weighted by Gasteiger charge is 2.23. The zero-order valence-electron chi connectivity index (χ0n) is 14.9. The zero-order valence-corrected chi connectivity index (χ0v) is 15.7. The lowest BCUT2D eigenvalue weighted by Gasteiger charge is -2.24. The normalized spacial score (nSPS) is 16.0. The molecule has 2 aromatic rings. The third-order valence-corrected chi connectivity index (χ3v) is 5.95. The molecular formula is C19H22N4O2S. The molecule has 1 amide bonds. The second-order valence-corrected chi connectivity index (χ2v) is 7.81. The number of carbonyl (C=O) groups excluding carboxylic acids is 1. The van der Waals surface area contributed by atoms with Crippen LogP contribution >= 0.6 is 11.8 Å². The number of thioether (sulfide) groups is 1. The molecular weight excluding hydrogens is 348 g/mol. The molecule has 0 bridgehead atoms. The van der Waals surface area contributed by atoms with Crippen LogP contribution in [0, 0.1) is 0 Å². The van der Waals surface area contributed by atoms with E-state index in [1.165, 1.54) is 24.7 Å². The lowest BCUT2D eigenvalue weighted by molar-refractivity contribution is 0.0782. The molecule has 1 aromatic carbocycles. The largest absolute Gasteiger partial charge is 0.371 e. The summed E-state index contributed by atoms with van der Waals surface area (Å²) in [6.45, 7) is 3.21. The van der Waals surface area contributed by atoms with Crippen LogP contribution in [0.3, 0.4) is 0 Å². The molecule has 0 N–H and O–H groups in total. The average molecular weight is 370 g/mol. The first kappa shape index (κ1) is 17.1. The van der Waals surface area contributed by atoms with Crippen molar-refractivity contribution in [3.63, 3.8) is 0 Å². The van der Waals surface area contributed by atoms with Gasteiger partial charge in [-0.3, -0.25) is 14.2 Å². The molecule has 2 aliphatic rings. The van der Waals surface area contributed by atoms with Crippen molar-refractivity contribution < 1.29 is 4.79 Å². The van der Waals surface area contributed by atoms with Crippen molar-refractivity contribution in [3.05, 3.63) is 51.9 Å². The molecule has 26 heavy (non-hydrogen) atoms. The van der Waals surface area contributed by atoms with E-state index in [1.54, 1.807) is 28.3 Å². The van der Waals surface area contributed by atoms with Crippen molar-refractivity contribution in [1.29, 1.82) is 0 Å². The lowest BCUT2D eigenvalue weighted by atomic mass is 10.1. The molecule has 0 radical (unpaired) electrons. The number of hydrogen-bond acceptors (Lipinski definition) is 5.